The van der Waals surface area contributed by atoms with Gasteiger partial charge in [0, 0.05) is 18.7 Å². The number of alkyl halides is 3. The van der Waals surface area contributed by atoms with E-state index in [0.717, 1.165) is 12.1 Å². The largest absolute Gasteiger partial charge is 0.468 e. The second-order valence-electron chi connectivity index (χ2n) is 5.38. The molecule has 0 saturated heterocycles. The third-order valence-electron chi connectivity index (χ3n) is 3.48. The number of thioether (sulfide) groups is 1. The molecule has 1 aromatic rings. The molecule has 150 valence electrons. The first-order valence-corrected chi connectivity index (χ1v) is 9.22. The van der Waals surface area contributed by atoms with Crippen molar-refractivity contribution in [1.82, 2.24) is 4.90 Å². The minimum absolute atomic E-state index is 0.0991. The standard InChI is InChI=1S/C17H21F3N2O4S/c1-3-22(15(24)8-9-27-11-16(25)26-2)10-14(23)21-13-7-5-4-6-12(13)17(18,19)20/h4-7H,3,8-11H2,1-2H3,(H,21,23). The van der Waals surface area contributed by atoms with Crippen LogP contribution in [0.4, 0.5) is 18.9 Å². The van der Waals surface area contributed by atoms with Gasteiger partial charge < -0.3 is 15.0 Å². The number of amides is 2. The highest BCUT2D eigenvalue weighted by Gasteiger charge is 2.33. The van der Waals surface area contributed by atoms with Crippen molar-refractivity contribution in [2.45, 2.75) is 19.5 Å². The van der Waals surface area contributed by atoms with Crippen molar-refractivity contribution in [3.63, 3.8) is 0 Å². The number of para-hydroxylation sites is 1. The molecule has 0 heterocycles. The number of halogens is 3. The lowest BCUT2D eigenvalue weighted by Crippen LogP contribution is -2.38. The number of methoxy groups -OCH3 is 1. The van der Waals surface area contributed by atoms with Crippen LogP contribution in [0.2, 0.25) is 0 Å². The van der Waals surface area contributed by atoms with Gasteiger partial charge in [-0.3, -0.25) is 14.4 Å². The van der Waals surface area contributed by atoms with Gasteiger partial charge >= 0.3 is 12.1 Å². The molecule has 0 aliphatic carbocycles. The van der Waals surface area contributed by atoms with Crippen LogP contribution in [-0.2, 0) is 25.3 Å². The summed E-state index contributed by atoms with van der Waals surface area (Å²) in [6.45, 7) is 1.54. The number of nitrogens with one attached hydrogen (secondary N) is 1. The molecule has 0 unspecified atom stereocenters. The Kier molecular flexibility index (Phi) is 9.13. The van der Waals surface area contributed by atoms with E-state index in [1.807, 2.05) is 0 Å². The normalized spacial score (nSPS) is 11.0. The minimum atomic E-state index is -4.60. The molecule has 10 heteroatoms. The highest BCUT2D eigenvalue weighted by Crippen LogP contribution is 2.34. The van der Waals surface area contributed by atoms with E-state index >= 15 is 0 Å². The second kappa shape index (κ2) is 10.8. The summed E-state index contributed by atoms with van der Waals surface area (Å²) in [5.74, 6) is -0.964. The van der Waals surface area contributed by atoms with Gasteiger partial charge in [-0.2, -0.15) is 13.2 Å². The molecule has 1 N–H and O–H groups in total. The smallest absolute Gasteiger partial charge is 0.418 e. The Labute approximate surface area is 159 Å². The lowest BCUT2D eigenvalue weighted by Gasteiger charge is -2.21. The average Bonchev–Trinajstić information content (AvgIpc) is 2.62. The number of likely N-dealkylation sites (N-methyl/N-ethyl adjacent to an activating group) is 1. The van der Waals surface area contributed by atoms with Gasteiger partial charge in [0.2, 0.25) is 11.8 Å². The molecule has 0 aliphatic heterocycles. The van der Waals surface area contributed by atoms with Crippen molar-refractivity contribution in [3.05, 3.63) is 29.8 Å². The van der Waals surface area contributed by atoms with Crippen LogP contribution in [0.3, 0.4) is 0 Å². The number of carbonyl (C=O) groups is 3. The summed E-state index contributed by atoms with van der Waals surface area (Å²) in [6, 6.07) is 4.64. The number of hydrogen-bond acceptors (Lipinski definition) is 5. The molecule has 1 rings (SSSR count). The Morgan fingerprint density at radius 2 is 1.89 bits per heavy atom. The number of benzene rings is 1. The Hall–Kier alpha value is -2.23. The molecule has 1 aromatic carbocycles. The zero-order valence-corrected chi connectivity index (χ0v) is 15.8. The fourth-order valence-electron chi connectivity index (χ4n) is 2.11. The van der Waals surface area contributed by atoms with E-state index in [2.05, 4.69) is 10.1 Å². The number of anilines is 1. The molecule has 0 atom stereocenters. The summed E-state index contributed by atoms with van der Waals surface area (Å²) in [7, 11) is 1.27. The van der Waals surface area contributed by atoms with Gasteiger partial charge in [0.1, 0.15) is 0 Å². The number of hydrogen-bond donors (Lipinski definition) is 1. The predicted octanol–water partition coefficient (Wildman–Crippen LogP) is 2.79. The van der Waals surface area contributed by atoms with Crippen molar-refractivity contribution >= 4 is 35.2 Å². The summed E-state index contributed by atoms with van der Waals surface area (Å²) in [5, 5.41) is 2.21. The molecular weight excluding hydrogens is 385 g/mol. The summed E-state index contributed by atoms with van der Waals surface area (Å²) < 4.78 is 43.4. The quantitative estimate of drug-likeness (QED) is 0.504. The van der Waals surface area contributed by atoms with Gasteiger partial charge in [-0.15, -0.1) is 11.8 Å². The maximum Gasteiger partial charge on any atom is 0.418 e. The third-order valence-corrected chi connectivity index (χ3v) is 4.42. The predicted molar refractivity (Wildman–Crippen MR) is 96.3 cm³/mol. The van der Waals surface area contributed by atoms with Gasteiger partial charge in [-0.05, 0) is 19.1 Å². The summed E-state index contributed by atoms with van der Waals surface area (Å²) in [4.78, 5) is 36.5. The molecule has 0 aromatic heterocycles. The Balaban J connectivity index is 2.59. The van der Waals surface area contributed by atoms with Crippen LogP contribution in [0.25, 0.3) is 0 Å². The molecular formula is C17H21F3N2O4S. The highest BCUT2D eigenvalue weighted by atomic mass is 32.2. The molecule has 0 saturated carbocycles. The van der Waals surface area contributed by atoms with Gasteiger partial charge in [0.05, 0.1) is 30.7 Å². The summed E-state index contributed by atoms with van der Waals surface area (Å²) >= 11 is 1.22. The summed E-state index contributed by atoms with van der Waals surface area (Å²) in [5.41, 5.74) is -1.31. The Bertz CT molecular complexity index is 668. The maximum absolute atomic E-state index is 13.0. The van der Waals surface area contributed by atoms with E-state index < -0.39 is 23.6 Å². The number of rotatable bonds is 9. The van der Waals surface area contributed by atoms with Crippen molar-refractivity contribution in [3.8, 4) is 0 Å². The van der Waals surface area contributed by atoms with Crippen molar-refractivity contribution in [2.24, 2.45) is 0 Å². The van der Waals surface area contributed by atoms with Crippen molar-refractivity contribution in [2.75, 3.05) is 37.0 Å². The monoisotopic (exact) mass is 406 g/mol. The molecule has 0 radical (unpaired) electrons. The van der Waals surface area contributed by atoms with Crippen LogP contribution < -0.4 is 5.32 Å². The van der Waals surface area contributed by atoms with Crippen LogP contribution in [0.5, 0.6) is 0 Å². The van der Waals surface area contributed by atoms with Gasteiger partial charge in [-0.1, -0.05) is 12.1 Å². The first kappa shape index (κ1) is 22.8. The minimum Gasteiger partial charge on any atom is -0.468 e. The SMILES string of the molecule is CCN(CC(=O)Nc1ccccc1C(F)(F)F)C(=O)CCSCC(=O)OC. The molecule has 0 fully saturated rings. The zero-order valence-electron chi connectivity index (χ0n) is 15.0. The first-order valence-electron chi connectivity index (χ1n) is 8.07. The summed E-state index contributed by atoms with van der Waals surface area (Å²) in [6.07, 6.45) is -4.50. The Morgan fingerprint density at radius 1 is 1.22 bits per heavy atom. The van der Waals surface area contributed by atoms with Gasteiger partial charge in [0.25, 0.3) is 0 Å². The maximum atomic E-state index is 13.0. The molecule has 6 nitrogen and oxygen atoms in total. The van der Waals surface area contributed by atoms with Crippen LogP contribution in [0.1, 0.15) is 18.9 Å². The van der Waals surface area contributed by atoms with Crippen LogP contribution in [0, 0.1) is 0 Å². The molecule has 0 aliphatic rings. The average molecular weight is 406 g/mol. The molecule has 2 amide bonds. The van der Waals surface area contributed by atoms with Gasteiger partial charge in [-0.25, -0.2) is 0 Å². The highest BCUT2D eigenvalue weighted by molar-refractivity contribution is 7.99. The van der Waals surface area contributed by atoms with E-state index in [1.54, 1.807) is 6.92 Å². The Morgan fingerprint density at radius 3 is 2.48 bits per heavy atom. The van der Waals surface area contributed by atoms with E-state index in [0.29, 0.717) is 5.75 Å². The molecule has 27 heavy (non-hydrogen) atoms. The second-order valence-corrected chi connectivity index (χ2v) is 6.48. The fourth-order valence-corrected chi connectivity index (χ4v) is 2.86. The van der Waals surface area contributed by atoms with E-state index in [4.69, 9.17) is 0 Å². The van der Waals surface area contributed by atoms with E-state index in [-0.39, 0.29) is 36.9 Å². The number of esters is 1. The number of nitrogens with zero attached hydrogens (tertiary/aromatic N) is 1. The third kappa shape index (κ3) is 7.90. The van der Waals surface area contributed by atoms with E-state index in [9.17, 15) is 27.6 Å². The zero-order chi connectivity index (χ0) is 20.4. The number of ether oxygens (including phenoxy) is 1. The van der Waals surface area contributed by atoms with Crippen LogP contribution in [-0.4, -0.2) is 54.4 Å². The lowest BCUT2D eigenvalue weighted by atomic mass is 10.1. The van der Waals surface area contributed by atoms with Crippen LogP contribution >= 0.6 is 11.8 Å². The van der Waals surface area contributed by atoms with Gasteiger partial charge in [0.15, 0.2) is 0 Å². The van der Waals surface area contributed by atoms with E-state index in [1.165, 1.54) is 35.9 Å². The number of carbonyl (C=O) groups excluding carboxylic acids is 3. The lowest BCUT2D eigenvalue weighted by molar-refractivity contribution is -0.138. The topological polar surface area (TPSA) is 75.7 Å². The fraction of sp³-hybridized carbons (Fsp3) is 0.471. The molecule has 0 bridgehead atoms. The van der Waals surface area contributed by atoms with Crippen LogP contribution in [0.15, 0.2) is 24.3 Å². The van der Waals surface area contributed by atoms with Crippen molar-refractivity contribution in [1.29, 1.82) is 0 Å². The first-order chi connectivity index (χ1) is 12.7. The van der Waals surface area contributed by atoms with Crippen molar-refractivity contribution < 1.29 is 32.3 Å². The molecule has 0 spiro atoms.